The van der Waals surface area contributed by atoms with Crippen molar-refractivity contribution in [2.24, 2.45) is 4.99 Å². The van der Waals surface area contributed by atoms with Crippen LogP contribution in [-0.2, 0) is 16.3 Å². The van der Waals surface area contributed by atoms with Crippen LogP contribution in [0.5, 0.6) is 0 Å². The van der Waals surface area contributed by atoms with Crippen LogP contribution in [-0.4, -0.2) is 52.2 Å². The maximum absolute atomic E-state index is 11.6. The monoisotopic (exact) mass is 409 g/mol. The predicted octanol–water partition coefficient (Wildman–Crippen LogP) is 1.41. The van der Waals surface area contributed by atoms with Crippen LogP contribution in [0.2, 0.25) is 0 Å². The van der Waals surface area contributed by atoms with Gasteiger partial charge < -0.3 is 20.4 Å². The molecule has 1 heterocycles. The zero-order chi connectivity index (χ0) is 20.6. The minimum Gasteiger partial charge on any atom is -0.469 e. The lowest BCUT2D eigenvalue weighted by molar-refractivity contribution is -0.384. The number of benzene rings is 1. The summed E-state index contributed by atoms with van der Waals surface area (Å²) in [5.74, 6) is 1.46. The van der Waals surface area contributed by atoms with E-state index in [1.807, 2.05) is 12.1 Å². The smallest absolute Gasteiger partial charge is 0.293 e. The number of furan rings is 1. The third kappa shape index (κ3) is 6.27. The topological polar surface area (TPSA) is 139 Å². The summed E-state index contributed by atoms with van der Waals surface area (Å²) in [6.45, 7) is 1.46. The van der Waals surface area contributed by atoms with Gasteiger partial charge in [0.2, 0.25) is 0 Å². The van der Waals surface area contributed by atoms with Crippen molar-refractivity contribution in [3.05, 3.63) is 52.5 Å². The fourth-order valence-electron chi connectivity index (χ4n) is 2.40. The van der Waals surface area contributed by atoms with Crippen molar-refractivity contribution in [2.45, 2.75) is 11.3 Å². The predicted molar refractivity (Wildman–Crippen MR) is 106 cm³/mol. The summed E-state index contributed by atoms with van der Waals surface area (Å²) in [5.41, 5.74) is -0.0381. The zero-order valence-electron chi connectivity index (χ0n) is 15.6. The van der Waals surface area contributed by atoms with Crippen molar-refractivity contribution in [1.29, 1.82) is 0 Å². The molecule has 2 aromatic rings. The molecule has 1 aromatic heterocycles. The van der Waals surface area contributed by atoms with E-state index < -0.39 is 14.8 Å². The number of sulfone groups is 1. The molecule has 0 saturated carbocycles. The average molecular weight is 409 g/mol. The van der Waals surface area contributed by atoms with Crippen molar-refractivity contribution in [3.63, 3.8) is 0 Å². The first-order valence-electron chi connectivity index (χ1n) is 8.50. The number of hydrogen-bond donors (Lipinski definition) is 3. The van der Waals surface area contributed by atoms with E-state index in [1.165, 1.54) is 12.1 Å². The number of aliphatic imine (C=N–C) groups is 1. The Bertz CT molecular complexity index is 925. The van der Waals surface area contributed by atoms with Crippen LogP contribution < -0.4 is 16.0 Å². The van der Waals surface area contributed by atoms with E-state index in [1.54, 1.807) is 13.3 Å². The van der Waals surface area contributed by atoms with Crippen LogP contribution in [0.25, 0.3) is 0 Å². The van der Waals surface area contributed by atoms with E-state index in [2.05, 4.69) is 20.9 Å². The lowest BCUT2D eigenvalue weighted by Crippen LogP contribution is -2.40. The van der Waals surface area contributed by atoms with Crippen LogP contribution in [0.15, 0.2) is 50.9 Å². The molecule has 0 radical (unpaired) electrons. The summed E-state index contributed by atoms with van der Waals surface area (Å²) in [6, 6.07) is 7.51. The second-order valence-electron chi connectivity index (χ2n) is 5.89. The van der Waals surface area contributed by atoms with E-state index in [0.29, 0.717) is 32.0 Å². The first-order chi connectivity index (χ1) is 13.3. The molecule has 1 aromatic carbocycles. The molecular weight excluding hydrogens is 386 g/mol. The largest absolute Gasteiger partial charge is 0.469 e. The van der Waals surface area contributed by atoms with Gasteiger partial charge in [-0.25, -0.2) is 8.42 Å². The molecule has 0 aliphatic rings. The van der Waals surface area contributed by atoms with Gasteiger partial charge in [0.05, 0.1) is 16.1 Å². The number of hydrogen-bond acceptors (Lipinski definition) is 7. The number of nitrogens with one attached hydrogen (secondary N) is 3. The Morgan fingerprint density at radius 2 is 1.96 bits per heavy atom. The molecule has 0 amide bonds. The van der Waals surface area contributed by atoms with E-state index in [0.717, 1.165) is 18.1 Å². The Kier molecular flexibility index (Phi) is 7.38. The van der Waals surface area contributed by atoms with Crippen molar-refractivity contribution < 1.29 is 17.8 Å². The molecular formula is C17H23N5O5S. The maximum atomic E-state index is 11.6. The van der Waals surface area contributed by atoms with Crippen molar-refractivity contribution in [1.82, 2.24) is 10.6 Å². The number of nitro groups is 1. The summed E-state index contributed by atoms with van der Waals surface area (Å²) >= 11 is 0. The lowest BCUT2D eigenvalue weighted by atomic mass is 10.2. The number of rotatable bonds is 9. The van der Waals surface area contributed by atoms with Crippen LogP contribution in [0.1, 0.15) is 5.76 Å². The second-order valence-corrected chi connectivity index (χ2v) is 7.91. The van der Waals surface area contributed by atoms with E-state index in [9.17, 15) is 18.5 Å². The first-order valence-corrected chi connectivity index (χ1v) is 10.4. The van der Waals surface area contributed by atoms with Gasteiger partial charge in [0.1, 0.15) is 11.4 Å². The van der Waals surface area contributed by atoms with Gasteiger partial charge in [-0.3, -0.25) is 15.1 Å². The molecule has 152 valence electrons. The van der Waals surface area contributed by atoms with Crippen LogP contribution in [0.4, 0.5) is 11.4 Å². The summed E-state index contributed by atoms with van der Waals surface area (Å²) in [4.78, 5) is 14.6. The van der Waals surface area contributed by atoms with Gasteiger partial charge >= 0.3 is 0 Å². The van der Waals surface area contributed by atoms with E-state index in [-0.39, 0.29) is 16.3 Å². The van der Waals surface area contributed by atoms with Crippen molar-refractivity contribution >= 4 is 27.2 Å². The molecule has 11 heteroatoms. The van der Waals surface area contributed by atoms with Gasteiger partial charge in [-0.15, -0.1) is 0 Å². The van der Waals surface area contributed by atoms with Gasteiger partial charge in [0.15, 0.2) is 15.8 Å². The molecule has 2 rings (SSSR count). The van der Waals surface area contributed by atoms with Crippen molar-refractivity contribution in [3.8, 4) is 0 Å². The highest BCUT2D eigenvalue weighted by Crippen LogP contribution is 2.27. The molecule has 0 spiro atoms. The molecule has 0 aliphatic carbocycles. The Hall–Kier alpha value is -3.08. The molecule has 0 fully saturated rings. The van der Waals surface area contributed by atoms with Gasteiger partial charge in [-0.2, -0.15) is 0 Å². The average Bonchev–Trinajstić information content (AvgIpc) is 3.16. The summed E-state index contributed by atoms with van der Waals surface area (Å²) in [5, 5.41) is 20.4. The highest BCUT2D eigenvalue weighted by molar-refractivity contribution is 7.90. The van der Waals surface area contributed by atoms with Gasteiger partial charge in [0, 0.05) is 45.4 Å². The Balaban J connectivity index is 1.84. The Labute approximate surface area is 163 Å². The lowest BCUT2D eigenvalue weighted by Gasteiger charge is -2.12. The number of guanidine groups is 1. The fourth-order valence-corrected chi connectivity index (χ4v) is 3.04. The summed E-state index contributed by atoms with van der Waals surface area (Å²) in [7, 11) is -1.87. The highest BCUT2D eigenvalue weighted by Gasteiger charge is 2.18. The van der Waals surface area contributed by atoms with Crippen LogP contribution >= 0.6 is 0 Å². The quantitative estimate of drug-likeness (QED) is 0.186. The Morgan fingerprint density at radius 3 is 2.57 bits per heavy atom. The standard InChI is InChI=1S/C17H23N5O5S/c1-18-17(20-8-7-13-4-3-11-27-13)21-10-9-19-15-6-5-14(28(2,25)26)12-16(15)22(23)24/h3-6,11-12,19H,7-10H2,1-2H3,(H2,18,20,21). The number of nitrogens with zero attached hydrogens (tertiary/aromatic N) is 2. The first kappa shape index (κ1) is 21.2. The van der Waals surface area contributed by atoms with E-state index in [4.69, 9.17) is 4.42 Å². The van der Waals surface area contributed by atoms with E-state index >= 15 is 0 Å². The molecule has 0 unspecified atom stereocenters. The normalized spacial score (nSPS) is 11.9. The second kappa shape index (κ2) is 9.74. The highest BCUT2D eigenvalue weighted by atomic mass is 32.2. The van der Waals surface area contributed by atoms with Crippen LogP contribution in [0.3, 0.4) is 0 Å². The Morgan fingerprint density at radius 1 is 1.21 bits per heavy atom. The third-order valence-electron chi connectivity index (χ3n) is 3.79. The maximum Gasteiger partial charge on any atom is 0.293 e. The summed E-state index contributed by atoms with van der Waals surface area (Å²) < 4.78 is 28.4. The fraction of sp³-hybridized carbons (Fsp3) is 0.353. The summed E-state index contributed by atoms with van der Waals surface area (Å²) in [6.07, 6.45) is 3.34. The molecule has 0 saturated heterocycles. The minimum atomic E-state index is -3.52. The molecule has 28 heavy (non-hydrogen) atoms. The SMILES string of the molecule is CN=C(NCCNc1ccc(S(C)(=O)=O)cc1[N+](=O)[O-])NCCc1ccco1. The molecule has 0 atom stereocenters. The molecule has 3 N–H and O–H groups in total. The molecule has 0 bridgehead atoms. The number of anilines is 1. The minimum absolute atomic E-state index is 0.0935. The van der Waals surface area contributed by atoms with Crippen molar-refractivity contribution in [2.75, 3.05) is 38.3 Å². The van der Waals surface area contributed by atoms with Gasteiger partial charge in [0.25, 0.3) is 5.69 Å². The van der Waals surface area contributed by atoms with Crippen LogP contribution in [0, 0.1) is 10.1 Å². The number of nitro benzene ring substituents is 1. The van der Waals surface area contributed by atoms with Gasteiger partial charge in [-0.05, 0) is 24.3 Å². The van der Waals surface area contributed by atoms with Gasteiger partial charge in [-0.1, -0.05) is 0 Å². The molecule has 10 nitrogen and oxygen atoms in total. The third-order valence-corrected chi connectivity index (χ3v) is 4.90. The molecule has 0 aliphatic heterocycles. The zero-order valence-corrected chi connectivity index (χ0v) is 16.5.